The van der Waals surface area contributed by atoms with Crippen molar-refractivity contribution in [1.82, 2.24) is 4.90 Å². The summed E-state index contributed by atoms with van der Waals surface area (Å²) in [4.78, 5) is 2.52. The van der Waals surface area contributed by atoms with Gasteiger partial charge in [-0.1, -0.05) is 6.92 Å². The van der Waals surface area contributed by atoms with Gasteiger partial charge in [0.15, 0.2) is 0 Å². The van der Waals surface area contributed by atoms with Crippen LogP contribution in [0.5, 0.6) is 0 Å². The number of likely N-dealkylation sites (tertiary alicyclic amines) is 1. The molecule has 0 bridgehead atoms. The molecule has 4 heteroatoms. The Kier molecular flexibility index (Phi) is 5.45. The second kappa shape index (κ2) is 6.88. The zero-order valence-electron chi connectivity index (χ0n) is 11.6. The molecule has 0 spiro atoms. The molecule has 0 aromatic heterocycles. The summed E-state index contributed by atoms with van der Waals surface area (Å²) in [5.74, 6) is 0.506. The second-order valence-corrected chi connectivity index (χ2v) is 6.51. The molecule has 0 radical (unpaired) electrons. The van der Waals surface area contributed by atoms with E-state index in [9.17, 15) is 4.39 Å². The van der Waals surface area contributed by atoms with Crippen LogP contribution in [0.4, 0.5) is 10.1 Å². The molecule has 1 heterocycles. The lowest BCUT2D eigenvalue weighted by Gasteiger charge is -2.35. The molecule has 1 aromatic rings. The molecule has 0 aliphatic carbocycles. The van der Waals surface area contributed by atoms with Crippen LogP contribution in [0.3, 0.4) is 0 Å². The number of hydrogen-bond donors (Lipinski definition) is 1. The first-order valence-corrected chi connectivity index (χ1v) is 8.12. The van der Waals surface area contributed by atoms with Crippen LogP contribution >= 0.6 is 22.6 Å². The van der Waals surface area contributed by atoms with E-state index in [4.69, 9.17) is 0 Å². The van der Waals surface area contributed by atoms with Gasteiger partial charge in [-0.05, 0) is 79.6 Å². The first-order chi connectivity index (χ1) is 9.10. The fourth-order valence-corrected chi connectivity index (χ4v) is 3.39. The van der Waals surface area contributed by atoms with Crippen molar-refractivity contribution in [3.63, 3.8) is 0 Å². The van der Waals surface area contributed by atoms with Crippen molar-refractivity contribution in [1.29, 1.82) is 0 Å². The Morgan fingerprint density at radius 2 is 2.32 bits per heavy atom. The molecule has 1 aliphatic heterocycles. The molecule has 2 atom stereocenters. The lowest BCUT2D eigenvalue weighted by Crippen LogP contribution is -2.41. The highest BCUT2D eigenvalue weighted by Gasteiger charge is 2.24. The largest absolute Gasteiger partial charge is 0.381 e. The summed E-state index contributed by atoms with van der Waals surface area (Å²) in [5.41, 5.74) is 1.04. The van der Waals surface area contributed by atoms with Crippen LogP contribution in [0.2, 0.25) is 0 Å². The minimum Gasteiger partial charge on any atom is -0.381 e. The van der Waals surface area contributed by atoms with Gasteiger partial charge < -0.3 is 10.2 Å². The summed E-state index contributed by atoms with van der Waals surface area (Å²) < 4.78 is 14.0. The first-order valence-electron chi connectivity index (χ1n) is 7.04. The molecule has 106 valence electrons. The minimum absolute atomic E-state index is 0.169. The Morgan fingerprint density at radius 1 is 1.53 bits per heavy atom. The molecule has 0 amide bonds. The number of rotatable bonds is 4. The van der Waals surface area contributed by atoms with Crippen molar-refractivity contribution in [3.05, 3.63) is 27.6 Å². The second-order valence-electron chi connectivity index (χ2n) is 5.35. The predicted octanol–water partition coefficient (Wildman–Crippen LogP) is 3.96. The number of nitrogens with one attached hydrogen (secondary N) is 1. The summed E-state index contributed by atoms with van der Waals surface area (Å²) in [6.45, 7) is 8.00. The Labute approximate surface area is 128 Å². The van der Waals surface area contributed by atoms with E-state index < -0.39 is 0 Å². The van der Waals surface area contributed by atoms with Crippen LogP contribution in [0.1, 0.15) is 26.7 Å². The average Bonchev–Trinajstić information content (AvgIpc) is 2.42. The van der Waals surface area contributed by atoms with Crippen molar-refractivity contribution in [2.75, 3.05) is 25.0 Å². The standard InChI is InChI=1S/C15H22FIN2/c1-3-19-8-4-5-12(10-19)11(2)18-15-7-6-13(16)9-14(15)17/h6-7,9,11-12,18H,3-5,8,10H2,1-2H3. The van der Waals surface area contributed by atoms with Gasteiger partial charge in [0.2, 0.25) is 0 Å². The molecule has 0 saturated carbocycles. The number of halogens is 2. The van der Waals surface area contributed by atoms with Gasteiger partial charge >= 0.3 is 0 Å². The number of benzene rings is 1. The smallest absolute Gasteiger partial charge is 0.124 e. The highest BCUT2D eigenvalue weighted by Crippen LogP contribution is 2.25. The fourth-order valence-electron chi connectivity index (χ4n) is 2.76. The first kappa shape index (κ1) is 15.0. The van der Waals surface area contributed by atoms with Gasteiger partial charge in [0.1, 0.15) is 5.82 Å². The van der Waals surface area contributed by atoms with Crippen LogP contribution in [0, 0.1) is 15.3 Å². The van der Waals surface area contributed by atoms with Gasteiger partial charge in [-0.25, -0.2) is 4.39 Å². The van der Waals surface area contributed by atoms with E-state index >= 15 is 0 Å². The summed E-state index contributed by atoms with van der Waals surface area (Å²) >= 11 is 2.19. The monoisotopic (exact) mass is 376 g/mol. The van der Waals surface area contributed by atoms with Gasteiger partial charge in [0, 0.05) is 21.8 Å². The van der Waals surface area contributed by atoms with Gasteiger partial charge in [-0.15, -0.1) is 0 Å². The zero-order valence-corrected chi connectivity index (χ0v) is 13.8. The summed E-state index contributed by atoms with van der Waals surface area (Å²) in [5, 5.41) is 3.55. The average molecular weight is 376 g/mol. The Hall–Kier alpha value is -0.360. The molecule has 2 unspecified atom stereocenters. The van der Waals surface area contributed by atoms with E-state index in [2.05, 4.69) is 46.7 Å². The molecule has 2 nitrogen and oxygen atoms in total. The SMILES string of the molecule is CCN1CCCC(C(C)Nc2ccc(F)cc2I)C1. The van der Waals surface area contributed by atoms with Crippen molar-refractivity contribution in [2.24, 2.45) is 5.92 Å². The quantitative estimate of drug-likeness (QED) is 0.801. The lowest BCUT2D eigenvalue weighted by atomic mass is 9.91. The summed E-state index contributed by atoms with van der Waals surface area (Å²) in [6, 6.07) is 5.37. The maximum Gasteiger partial charge on any atom is 0.124 e. The molecule has 1 aliphatic rings. The van der Waals surface area contributed by atoms with Crippen molar-refractivity contribution < 1.29 is 4.39 Å². The van der Waals surface area contributed by atoms with Crippen LogP contribution in [0.25, 0.3) is 0 Å². The van der Waals surface area contributed by atoms with Gasteiger partial charge in [-0.2, -0.15) is 0 Å². The van der Waals surface area contributed by atoms with E-state index in [-0.39, 0.29) is 5.82 Å². The van der Waals surface area contributed by atoms with Gasteiger partial charge in [0.05, 0.1) is 0 Å². The van der Waals surface area contributed by atoms with E-state index in [1.54, 1.807) is 6.07 Å². The highest BCUT2D eigenvalue weighted by atomic mass is 127. The molecule has 1 N–H and O–H groups in total. The van der Waals surface area contributed by atoms with Crippen molar-refractivity contribution in [2.45, 2.75) is 32.7 Å². The maximum atomic E-state index is 13.1. The van der Waals surface area contributed by atoms with Crippen molar-refractivity contribution in [3.8, 4) is 0 Å². The van der Waals surface area contributed by atoms with Crippen LogP contribution in [0.15, 0.2) is 18.2 Å². The molecular formula is C15H22FIN2. The third kappa shape index (κ3) is 4.05. The lowest BCUT2D eigenvalue weighted by molar-refractivity contribution is 0.172. The van der Waals surface area contributed by atoms with Crippen molar-refractivity contribution >= 4 is 28.3 Å². The normalized spacial score (nSPS) is 22.2. The van der Waals surface area contributed by atoms with Crippen LogP contribution < -0.4 is 5.32 Å². The number of hydrogen-bond acceptors (Lipinski definition) is 2. The topological polar surface area (TPSA) is 15.3 Å². The number of anilines is 1. The third-order valence-corrected chi connectivity index (χ3v) is 4.90. The van der Waals surface area contributed by atoms with E-state index in [0.29, 0.717) is 12.0 Å². The Bertz CT molecular complexity index is 425. The Morgan fingerprint density at radius 3 is 3.00 bits per heavy atom. The van der Waals surface area contributed by atoms with Gasteiger partial charge in [0.25, 0.3) is 0 Å². The molecule has 1 saturated heterocycles. The molecular weight excluding hydrogens is 354 g/mol. The molecule has 1 aromatic carbocycles. The summed E-state index contributed by atoms with van der Waals surface area (Å²) in [6.07, 6.45) is 2.56. The Balaban J connectivity index is 1.98. The highest BCUT2D eigenvalue weighted by molar-refractivity contribution is 14.1. The predicted molar refractivity (Wildman–Crippen MR) is 87.0 cm³/mol. The zero-order chi connectivity index (χ0) is 13.8. The number of nitrogens with zero attached hydrogens (tertiary/aromatic N) is 1. The van der Waals surface area contributed by atoms with E-state index in [0.717, 1.165) is 15.8 Å². The summed E-state index contributed by atoms with van der Waals surface area (Å²) in [7, 11) is 0. The molecule has 1 fully saturated rings. The molecule has 19 heavy (non-hydrogen) atoms. The maximum absolute atomic E-state index is 13.1. The van der Waals surface area contributed by atoms with Crippen LogP contribution in [-0.4, -0.2) is 30.6 Å². The number of piperidine rings is 1. The van der Waals surface area contributed by atoms with Gasteiger partial charge in [-0.3, -0.25) is 0 Å². The van der Waals surface area contributed by atoms with E-state index in [1.807, 2.05) is 6.07 Å². The minimum atomic E-state index is -0.169. The molecule has 2 rings (SSSR count). The van der Waals surface area contributed by atoms with Crippen LogP contribution in [-0.2, 0) is 0 Å². The van der Waals surface area contributed by atoms with E-state index in [1.165, 1.54) is 32.0 Å². The fraction of sp³-hybridized carbons (Fsp3) is 0.600. The third-order valence-electron chi connectivity index (χ3n) is 4.01.